The number of hydrogen-bond donors (Lipinski definition) is 0. The van der Waals surface area contributed by atoms with Gasteiger partial charge in [0, 0.05) is 31.4 Å². The third kappa shape index (κ3) is 4.97. The van der Waals surface area contributed by atoms with Gasteiger partial charge in [-0.05, 0) is 68.5 Å². The van der Waals surface area contributed by atoms with Crippen molar-refractivity contribution in [1.29, 1.82) is 0 Å². The molecule has 0 N–H and O–H groups in total. The number of halogens is 2. The number of amides is 1. The molecule has 0 radical (unpaired) electrons. The van der Waals surface area contributed by atoms with E-state index >= 15 is 8.78 Å². The van der Waals surface area contributed by atoms with Gasteiger partial charge in [-0.3, -0.25) is 9.78 Å². The van der Waals surface area contributed by atoms with E-state index in [4.69, 9.17) is 4.98 Å². The standard InChI is InChI=1S/C34H33F2N9O2/c1-6-27(46)42-15-20(5)43(16-19(42)4)32-23-14-25(36)30-28-24(35)8-7-9-26(28)44-17-22(40-41-44)11-10-21-12-13-37-29(18(2)3)31(21)45(33(23)38-30)34(47)39-32/h6-9,12-14,17-20H,1,10-11,15-16H2,2-5H3/t19-,20+/m1/s1. The van der Waals surface area contributed by atoms with E-state index in [1.165, 1.54) is 33.5 Å². The lowest BCUT2D eigenvalue weighted by atomic mass is 10.00. The lowest BCUT2D eigenvalue weighted by molar-refractivity contribution is -0.128. The van der Waals surface area contributed by atoms with Crippen LogP contribution in [0, 0.1) is 11.6 Å². The van der Waals surface area contributed by atoms with E-state index in [1.54, 1.807) is 23.4 Å². The fourth-order valence-electron chi connectivity index (χ4n) is 6.67. The lowest BCUT2D eigenvalue weighted by Gasteiger charge is -2.44. The third-order valence-corrected chi connectivity index (χ3v) is 8.99. The molecule has 2 atom stereocenters. The lowest BCUT2D eigenvalue weighted by Crippen LogP contribution is -2.58. The quantitative estimate of drug-likeness (QED) is 0.265. The molecule has 240 valence electrons. The average molecular weight is 638 g/mol. The van der Waals surface area contributed by atoms with Gasteiger partial charge in [0.05, 0.1) is 39.9 Å². The van der Waals surface area contributed by atoms with Crippen LogP contribution >= 0.6 is 0 Å². The van der Waals surface area contributed by atoms with Crippen molar-refractivity contribution in [3.63, 3.8) is 0 Å². The van der Waals surface area contributed by atoms with E-state index in [9.17, 15) is 9.59 Å². The summed E-state index contributed by atoms with van der Waals surface area (Å²) in [5, 5.41) is 8.80. The molecule has 13 heteroatoms. The fraction of sp³-hybridized carbons (Fsp3) is 0.324. The fourth-order valence-corrected chi connectivity index (χ4v) is 6.67. The maximum atomic E-state index is 16.5. The minimum Gasteiger partial charge on any atom is -0.349 e. The molecule has 6 heterocycles. The monoisotopic (exact) mass is 637 g/mol. The van der Waals surface area contributed by atoms with Gasteiger partial charge in [0.1, 0.15) is 17.3 Å². The predicted molar refractivity (Wildman–Crippen MR) is 173 cm³/mol. The van der Waals surface area contributed by atoms with Crippen LogP contribution in [0.25, 0.3) is 33.7 Å². The first-order valence-corrected chi connectivity index (χ1v) is 15.6. The van der Waals surface area contributed by atoms with Crippen LogP contribution in [0.3, 0.4) is 0 Å². The van der Waals surface area contributed by atoms with Crippen LogP contribution < -0.4 is 10.6 Å². The number of rotatable bonds is 3. The van der Waals surface area contributed by atoms with Gasteiger partial charge < -0.3 is 9.80 Å². The van der Waals surface area contributed by atoms with Crippen LogP contribution in [0.1, 0.15) is 50.6 Å². The average Bonchev–Trinajstić information content (AvgIpc) is 3.53. The molecule has 2 aliphatic rings. The van der Waals surface area contributed by atoms with Gasteiger partial charge in [0.25, 0.3) is 0 Å². The number of carbonyl (C=O) groups is 1. The molecular weight excluding hydrogens is 604 g/mol. The van der Waals surface area contributed by atoms with Crippen molar-refractivity contribution < 1.29 is 13.6 Å². The van der Waals surface area contributed by atoms with Crippen LogP contribution in [-0.4, -0.2) is 70.5 Å². The Morgan fingerprint density at radius 3 is 2.64 bits per heavy atom. The summed E-state index contributed by atoms with van der Waals surface area (Å²) < 4.78 is 35.0. The zero-order valence-electron chi connectivity index (χ0n) is 26.5. The number of pyridine rings is 2. The summed E-state index contributed by atoms with van der Waals surface area (Å²) in [7, 11) is 0. The Morgan fingerprint density at radius 2 is 1.87 bits per heavy atom. The topological polar surface area (TPSA) is 115 Å². The third-order valence-electron chi connectivity index (χ3n) is 8.99. The maximum absolute atomic E-state index is 16.5. The van der Waals surface area contributed by atoms with E-state index in [1.807, 2.05) is 38.7 Å². The highest BCUT2D eigenvalue weighted by Gasteiger charge is 2.34. The van der Waals surface area contributed by atoms with Gasteiger partial charge in [-0.15, -0.1) is 5.10 Å². The summed E-state index contributed by atoms with van der Waals surface area (Å²) in [5.41, 5.74) is 1.91. The van der Waals surface area contributed by atoms with Crippen molar-refractivity contribution in [1.82, 2.24) is 39.4 Å². The maximum Gasteiger partial charge on any atom is 0.355 e. The molecule has 0 spiro atoms. The molecule has 47 heavy (non-hydrogen) atoms. The minimum absolute atomic E-state index is 0.0995. The zero-order valence-corrected chi connectivity index (χ0v) is 26.5. The van der Waals surface area contributed by atoms with Gasteiger partial charge in [0.2, 0.25) is 5.91 Å². The molecule has 0 saturated carbocycles. The summed E-state index contributed by atoms with van der Waals surface area (Å²) in [6.45, 7) is 12.1. The van der Waals surface area contributed by atoms with Gasteiger partial charge in [-0.1, -0.05) is 31.7 Å². The Kier molecular flexibility index (Phi) is 7.41. The molecule has 2 aliphatic heterocycles. The first-order valence-electron chi connectivity index (χ1n) is 15.6. The Balaban J connectivity index is 1.57. The summed E-state index contributed by atoms with van der Waals surface area (Å²) in [5.74, 6) is -1.57. The van der Waals surface area contributed by atoms with E-state index < -0.39 is 17.3 Å². The Hall–Kier alpha value is -5.33. The normalized spacial score (nSPS) is 17.6. The summed E-state index contributed by atoms with van der Waals surface area (Å²) >= 11 is 0. The number of aryl methyl sites for hydroxylation is 2. The van der Waals surface area contributed by atoms with Crippen molar-refractivity contribution >= 4 is 22.8 Å². The van der Waals surface area contributed by atoms with E-state index in [-0.39, 0.29) is 57.7 Å². The molecule has 1 fully saturated rings. The first-order chi connectivity index (χ1) is 22.6. The van der Waals surface area contributed by atoms with Crippen molar-refractivity contribution in [3.05, 3.63) is 94.5 Å². The largest absolute Gasteiger partial charge is 0.355 e. The van der Waals surface area contributed by atoms with Crippen molar-refractivity contribution in [2.45, 2.75) is 58.5 Å². The van der Waals surface area contributed by atoms with Crippen LogP contribution in [0.2, 0.25) is 0 Å². The molecule has 4 aromatic heterocycles. The predicted octanol–water partition coefficient (Wildman–Crippen LogP) is 4.54. The highest BCUT2D eigenvalue weighted by atomic mass is 19.1. The van der Waals surface area contributed by atoms with E-state index in [2.05, 4.69) is 26.9 Å². The van der Waals surface area contributed by atoms with Crippen LogP contribution in [0.5, 0.6) is 0 Å². The van der Waals surface area contributed by atoms with Gasteiger partial charge in [0.15, 0.2) is 11.5 Å². The number of aromatic nitrogens is 7. The zero-order chi connectivity index (χ0) is 33.1. The van der Waals surface area contributed by atoms with Crippen molar-refractivity contribution in [3.8, 4) is 22.6 Å². The van der Waals surface area contributed by atoms with Crippen molar-refractivity contribution in [2.75, 3.05) is 18.0 Å². The number of nitrogens with zero attached hydrogens (tertiary/aromatic N) is 9. The number of benzene rings is 1. The Labute approximate surface area is 269 Å². The molecule has 0 unspecified atom stereocenters. The van der Waals surface area contributed by atoms with E-state index in [0.29, 0.717) is 43.0 Å². The second-order valence-corrected chi connectivity index (χ2v) is 12.4. The molecule has 1 saturated heterocycles. The summed E-state index contributed by atoms with van der Waals surface area (Å²) in [6.07, 6.45) is 5.61. The number of anilines is 1. The number of hydrogen-bond acceptors (Lipinski definition) is 8. The van der Waals surface area contributed by atoms with Gasteiger partial charge in [-0.25, -0.2) is 27.8 Å². The van der Waals surface area contributed by atoms with Gasteiger partial charge >= 0.3 is 5.69 Å². The van der Waals surface area contributed by atoms with Crippen LogP contribution in [-0.2, 0) is 17.6 Å². The molecule has 4 bridgehead atoms. The molecule has 0 aliphatic carbocycles. The molecule has 11 nitrogen and oxygen atoms in total. The number of fused-ring (bicyclic) bond motifs is 8. The second kappa shape index (κ2) is 11.5. The summed E-state index contributed by atoms with van der Waals surface area (Å²) in [6, 6.07) is 6.94. The number of piperazine rings is 1. The Morgan fingerprint density at radius 1 is 1.06 bits per heavy atom. The highest BCUT2D eigenvalue weighted by molar-refractivity contribution is 5.92. The second-order valence-electron chi connectivity index (χ2n) is 12.4. The van der Waals surface area contributed by atoms with E-state index in [0.717, 1.165) is 5.56 Å². The molecule has 7 rings (SSSR count). The Bertz CT molecular complexity index is 2140. The molecule has 1 amide bonds. The van der Waals surface area contributed by atoms with Gasteiger partial charge in [-0.2, -0.15) is 4.98 Å². The molecular formula is C34H33F2N9O2. The van der Waals surface area contributed by atoms with Crippen LogP contribution in [0.4, 0.5) is 14.6 Å². The minimum atomic E-state index is -0.802. The molecule has 1 aromatic carbocycles. The summed E-state index contributed by atoms with van der Waals surface area (Å²) in [4.78, 5) is 44.6. The first kappa shape index (κ1) is 30.3. The highest BCUT2D eigenvalue weighted by Crippen LogP contribution is 2.37. The number of carbonyl (C=O) groups excluding carboxylic acids is 1. The smallest absolute Gasteiger partial charge is 0.349 e. The SMILES string of the molecule is C=CC(=O)N1C[C@H](C)N(c2nc(=O)n3c4nc(c(F)cc24)-c2c(F)cccc2-n2cc(nn2)CCc2ccnc(C(C)C)c2-3)C[C@H]1C. The van der Waals surface area contributed by atoms with Crippen LogP contribution in [0.15, 0.2) is 60.2 Å². The molecule has 5 aromatic rings. The van der Waals surface area contributed by atoms with Crippen molar-refractivity contribution in [2.24, 2.45) is 0 Å².